The number of aryl methyl sites for hydroxylation is 2. The molecule has 2 aromatic rings. The van der Waals surface area contributed by atoms with Gasteiger partial charge in [-0.1, -0.05) is 0 Å². The summed E-state index contributed by atoms with van der Waals surface area (Å²) in [6, 6.07) is 2.15. The van der Waals surface area contributed by atoms with E-state index in [4.69, 9.17) is 4.98 Å². The van der Waals surface area contributed by atoms with Gasteiger partial charge < -0.3 is 10.2 Å². The van der Waals surface area contributed by atoms with E-state index in [1.807, 2.05) is 11.1 Å². The van der Waals surface area contributed by atoms with Crippen molar-refractivity contribution in [3.63, 3.8) is 0 Å². The quantitative estimate of drug-likeness (QED) is 0.867. The van der Waals surface area contributed by atoms with Crippen LogP contribution in [0.4, 0.5) is 0 Å². The topological polar surface area (TPSA) is 58.1 Å². The van der Waals surface area contributed by atoms with Crippen molar-refractivity contribution in [2.75, 3.05) is 19.6 Å². The van der Waals surface area contributed by atoms with Crippen LogP contribution in [-0.4, -0.2) is 40.4 Å². The molecule has 4 heterocycles. The maximum Gasteiger partial charge on any atom is 0.264 e. The summed E-state index contributed by atoms with van der Waals surface area (Å²) in [4.78, 5) is 26.9. The van der Waals surface area contributed by atoms with Crippen molar-refractivity contribution in [1.29, 1.82) is 0 Å². The van der Waals surface area contributed by atoms with Gasteiger partial charge in [0.1, 0.15) is 5.82 Å². The van der Waals surface area contributed by atoms with Gasteiger partial charge in [-0.3, -0.25) is 4.79 Å². The van der Waals surface area contributed by atoms with Gasteiger partial charge in [0.25, 0.3) is 5.91 Å². The normalized spacial score (nSPS) is 22.2. The highest BCUT2D eigenvalue weighted by Crippen LogP contribution is 2.31. The molecule has 6 heteroatoms. The SMILES string of the molecule is O=C(c1cc2c(s1)CCCC2)N1CCc2nc(C3CCCNC3)ncc2C1. The van der Waals surface area contributed by atoms with E-state index in [9.17, 15) is 4.79 Å². The molecule has 0 saturated carbocycles. The molecule has 27 heavy (non-hydrogen) atoms. The third-order valence-electron chi connectivity index (χ3n) is 6.11. The molecule has 2 aromatic heterocycles. The van der Waals surface area contributed by atoms with E-state index in [0.717, 1.165) is 60.9 Å². The molecule has 1 fully saturated rings. The Hall–Kier alpha value is -1.79. The van der Waals surface area contributed by atoms with Crippen LogP contribution in [0.2, 0.25) is 0 Å². The standard InChI is InChI=1S/C21H26N4OS/c26-21(19-10-14-4-1-2-6-18(14)27-19)25-9-7-17-16(13-25)12-23-20(24-17)15-5-3-8-22-11-15/h10,12,15,22H,1-9,11,13H2. The van der Waals surface area contributed by atoms with Gasteiger partial charge in [0, 0.05) is 48.6 Å². The summed E-state index contributed by atoms with van der Waals surface area (Å²) in [5.74, 6) is 1.59. The molecular weight excluding hydrogens is 356 g/mol. The molecular formula is C21H26N4OS. The molecule has 0 spiro atoms. The largest absolute Gasteiger partial charge is 0.333 e. The summed E-state index contributed by atoms with van der Waals surface area (Å²) in [6.07, 6.45) is 9.95. The van der Waals surface area contributed by atoms with E-state index in [1.54, 1.807) is 11.3 Å². The first-order valence-corrected chi connectivity index (χ1v) is 11.1. The van der Waals surface area contributed by atoms with Gasteiger partial charge in [-0.15, -0.1) is 11.3 Å². The lowest BCUT2D eigenvalue weighted by molar-refractivity contribution is 0.0738. The van der Waals surface area contributed by atoms with Crippen molar-refractivity contribution < 1.29 is 4.79 Å². The zero-order chi connectivity index (χ0) is 18.2. The number of piperidine rings is 1. The summed E-state index contributed by atoms with van der Waals surface area (Å²) in [7, 11) is 0. The molecule has 0 radical (unpaired) electrons. The van der Waals surface area contributed by atoms with Crippen molar-refractivity contribution >= 4 is 17.2 Å². The minimum atomic E-state index is 0.181. The Balaban J connectivity index is 1.32. The summed E-state index contributed by atoms with van der Waals surface area (Å²) < 4.78 is 0. The van der Waals surface area contributed by atoms with Crippen molar-refractivity contribution in [2.24, 2.45) is 0 Å². The minimum absolute atomic E-state index is 0.181. The van der Waals surface area contributed by atoms with Gasteiger partial charge >= 0.3 is 0 Å². The Morgan fingerprint density at radius 3 is 2.96 bits per heavy atom. The molecule has 0 bridgehead atoms. The van der Waals surface area contributed by atoms with Gasteiger partial charge in [-0.05, 0) is 56.7 Å². The Bertz CT molecular complexity index is 832. The summed E-state index contributed by atoms with van der Waals surface area (Å²) in [5.41, 5.74) is 3.66. The summed E-state index contributed by atoms with van der Waals surface area (Å²) in [6.45, 7) is 3.48. The number of fused-ring (bicyclic) bond motifs is 2. The second-order valence-electron chi connectivity index (χ2n) is 7.99. The molecule has 1 amide bonds. The number of hydrogen-bond donors (Lipinski definition) is 1. The number of nitrogens with zero attached hydrogens (tertiary/aromatic N) is 3. The van der Waals surface area contributed by atoms with Crippen LogP contribution in [-0.2, 0) is 25.8 Å². The third-order valence-corrected chi connectivity index (χ3v) is 7.33. The molecule has 1 atom stereocenters. The highest BCUT2D eigenvalue weighted by Gasteiger charge is 2.27. The first-order chi connectivity index (χ1) is 13.3. The second kappa shape index (κ2) is 7.32. The monoisotopic (exact) mass is 382 g/mol. The number of nitrogens with one attached hydrogen (secondary N) is 1. The van der Waals surface area contributed by atoms with Crippen LogP contribution in [0.15, 0.2) is 12.3 Å². The Morgan fingerprint density at radius 2 is 2.11 bits per heavy atom. The van der Waals surface area contributed by atoms with Crippen LogP contribution in [0, 0.1) is 0 Å². The van der Waals surface area contributed by atoms with Gasteiger partial charge in [0.2, 0.25) is 0 Å². The maximum atomic E-state index is 13.0. The van der Waals surface area contributed by atoms with Gasteiger partial charge in [-0.25, -0.2) is 9.97 Å². The Morgan fingerprint density at radius 1 is 1.19 bits per heavy atom. The van der Waals surface area contributed by atoms with Gasteiger partial charge in [-0.2, -0.15) is 0 Å². The average molecular weight is 383 g/mol. The highest BCUT2D eigenvalue weighted by atomic mass is 32.1. The summed E-state index contributed by atoms with van der Waals surface area (Å²) >= 11 is 1.71. The lowest BCUT2D eigenvalue weighted by atomic mass is 9.98. The molecule has 1 unspecified atom stereocenters. The molecule has 0 aromatic carbocycles. The first-order valence-electron chi connectivity index (χ1n) is 10.2. The van der Waals surface area contributed by atoms with Crippen LogP contribution in [0.1, 0.15) is 68.8 Å². The molecule has 5 rings (SSSR count). The van der Waals surface area contributed by atoms with Gasteiger partial charge in [0.05, 0.1) is 10.6 Å². The number of aromatic nitrogens is 2. The first kappa shape index (κ1) is 17.3. The molecule has 1 aliphatic carbocycles. The molecule has 2 aliphatic heterocycles. The van der Waals surface area contributed by atoms with Crippen LogP contribution in [0.25, 0.3) is 0 Å². The van der Waals surface area contributed by atoms with Crippen molar-refractivity contribution in [3.8, 4) is 0 Å². The number of thiophene rings is 1. The minimum Gasteiger partial charge on any atom is -0.333 e. The number of amides is 1. The van der Waals surface area contributed by atoms with Crippen molar-refractivity contribution in [2.45, 2.75) is 57.4 Å². The zero-order valence-electron chi connectivity index (χ0n) is 15.7. The fourth-order valence-corrected chi connectivity index (χ4v) is 5.75. The number of hydrogen-bond acceptors (Lipinski definition) is 5. The molecule has 5 nitrogen and oxygen atoms in total. The fourth-order valence-electron chi connectivity index (χ4n) is 4.53. The predicted molar refractivity (Wildman–Crippen MR) is 106 cm³/mol. The summed E-state index contributed by atoms with van der Waals surface area (Å²) in [5, 5.41) is 3.44. The smallest absolute Gasteiger partial charge is 0.264 e. The third kappa shape index (κ3) is 3.41. The predicted octanol–water partition coefficient (Wildman–Crippen LogP) is 3.08. The lowest BCUT2D eigenvalue weighted by Gasteiger charge is -2.29. The molecule has 1 N–H and O–H groups in total. The number of carbonyl (C=O) groups excluding carboxylic acids is 1. The lowest BCUT2D eigenvalue weighted by Crippen LogP contribution is -2.36. The van der Waals surface area contributed by atoms with Crippen molar-refractivity contribution in [3.05, 3.63) is 44.7 Å². The molecule has 142 valence electrons. The van der Waals surface area contributed by atoms with E-state index >= 15 is 0 Å². The Kier molecular flexibility index (Phi) is 4.70. The fraction of sp³-hybridized carbons (Fsp3) is 0.571. The average Bonchev–Trinajstić information content (AvgIpc) is 3.17. The Labute approximate surface area is 164 Å². The van der Waals surface area contributed by atoms with E-state index in [-0.39, 0.29) is 5.91 Å². The zero-order valence-corrected chi connectivity index (χ0v) is 16.5. The van der Waals surface area contributed by atoms with Gasteiger partial charge in [0.15, 0.2) is 0 Å². The number of rotatable bonds is 2. The van der Waals surface area contributed by atoms with Crippen LogP contribution in [0.5, 0.6) is 0 Å². The molecule has 1 saturated heterocycles. The second-order valence-corrected chi connectivity index (χ2v) is 9.12. The van der Waals surface area contributed by atoms with Crippen LogP contribution in [0.3, 0.4) is 0 Å². The van der Waals surface area contributed by atoms with Crippen LogP contribution >= 0.6 is 11.3 Å². The van der Waals surface area contributed by atoms with E-state index in [1.165, 1.54) is 36.1 Å². The number of carbonyl (C=O) groups is 1. The van der Waals surface area contributed by atoms with Crippen LogP contribution < -0.4 is 5.32 Å². The van der Waals surface area contributed by atoms with E-state index < -0.39 is 0 Å². The van der Waals surface area contributed by atoms with E-state index in [2.05, 4.69) is 16.4 Å². The highest BCUT2D eigenvalue weighted by molar-refractivity contribution is 7.14. The van der Waals surface area contributed by atoms with Crippen molar-refractivity contribution in [1.82, 2.24) is 20.2 Å². The molecule has 3 aliphatic rings. The maximum absolute atomic E-state index is 13.0. The van der Waals surface area contributed by atoms with E-state index in [0.29, 0.717) is 12.5 Å².